The van der Waals surface area contributed by atoms with Crippen LogP contribution in [-0.2, 0) is 16.1 Å². The van der Waals surface area contributed by atoms with Crippen molar-refractivity contribution < 1.29 is 14.3 Å². The first-order valence-electron chi connectivity index (χ1n) is 11.3. The molecule has 2 unspecified atom stereocenters. The lowest BCUT2D eigenvalue weighted by Gasteiger charge is -2.43. The standard InChI is InChI=1S/C26H27N3O4/c1-33-11-10-24(30)27-22-8-9-23-21-12-17(15-29(23)26(22)32)14-28(16-21)25(31)20-7-6-18-4-2-3-5-19(18)13-20/h2-9,13,17,21H,10-12,14-16H2,1H3,(H,27,30). The average molecular weight is 446 g/mol. The van der Waals surface area contributed by atoms with E-state index < -0.39 is 0 Å². The molecule has 3 aromatic rings. The number of anilines is 1. The van der Waals surface area contributed by atoms with Gasteiger partial charge in [0.25, 0.3) is 11.5 Å². The molecule has 1 saturated heterocycles. The molecule has 2 aliphatic rings. The van der Waals surface area contributed by atoms with Crippen LogP contribution in [0.1, 0.15) is 34.8 Å². The van der Waals surface area contributed by atoms with E-state index in [0.717, 1.165) is 22.9 Å². The second kappa shape index (κ2) is 8.83. The van der Waals surface area contributed by atoms with Gasteiger partial charge in [0, 0.05) is 43.9 Å². The predicted molar refractivity (Wildman–Crippen MR) is 127 cm³/mol. The Morgan fingerprint density at radius 2 is 1.85 bits per heavy atom. The van der Waals surface area contributed by atoms with Gasteiger partial charge in [-0.1, -0.05) is 30.3 Å². The summed E-state index contributed by atoms with van der Waals surface area (Å²) in [6.45, 7) is 2.07. The molecule has 2 aliphatic heterocycles. The summed E-state index contributed by atoms with van der Waals surface area (Å²) in [5.41, 5.74) is 1.74. The van der Waals surface area contributed by atoms with Crippen molar-refractivity contribution in [2.24, 2.45) is 5.92 Å². The Hall–Kier alpha value is -3.45. The molecule has 1 fully saturated rings. The average Bonchev–Trinajstić information content (AvgIpc) is 2.84. The second-order valence-electron chi connectivity index (χ2n) is 8.95. The molecule has 0 spiro atoms. The SMILES string of the molecule is COCCC(=O)Nc1ccc2n(c1=O)CC1CC2CN(C(=O)c2ccc3ccccc3c2)C1. The lowest BCUT2D eigenvalue weighted by Crippen LogP contribution is -2.49. The highest BCUT2D eigenvalue weighted by molar-refractivity contribution is 5.98. The van der Waals surface area contributed by atoms with Crippen LogP contribution in [0.3, 0.4) is 0 Å². The van der Waals surface area contributed by atoms with Gasteiger partial charge >= 0.3 is 0 Å². The van der Waals surface area contributed by atoms with E-state index in [9.17, 15) is 14.4 Å². The van der Waals surface area contributed by atoms with E-state index in [1.807, 2.05) is 53.4 Å². The number of aromatic nitrogens is 1. The lowest BCUT2D eigenvalue weighted by atomic mass is 9.83. The van der Waals surface area contributed by atoms with Gasteiger partial charge in [-0.3, -0.25) is 14.4 Å². The number of pyridine rings is 1. The molecule has 1 N–H and O–H groups in total. The van der Waals surface area contributed by atoms with Crippen molar-refractivity contribution in [3.8, 4) is 0 Å². The molecular formula is C26H27N3O4. The summed E-state index contributed by atoms with van der Waals surface area (Å²) < 4.78 is 6.71. The van der Waals surface area contributed by atoms with E-state index in [0.29, 0.717) is 37.5 Å². The number of nitrogens with one attached hydrogen (secondary N) is 1. The fraction of sp³-hybridized carbons (Fsp3) is 0.346. The first-order chi connectivity index (χ1) is 16.0. The van der Waals surface area contributed by atoms with Gasteiger partial charge in [0.1, 0.15) is 5.69 Å². The van der Waals surface area contributed by atoms with Crippen LogP contribution in [0.25, 0.3) is 10.8 Å². The molecule has 2 bridgehead atoms. The quantitative estimate of drug-likeness (QED) is 0.654. The fourth-order valence-electron chi connectivity index (χ4n) is 5.12. The number of hydrogen-bond donors (Lipinski definition) is 1. The molecule has 3 heterocycles. The van der Waals surface area contributed by atoms with E-state index in [4.69, 9.17) is 4.74 Å². The predicted octanol–water partition coefficient (Wildman–Crippen LogP) is 3.24. The number of methoxy groups -OCH3 is 1. The van der Waals surface area contributed by atoms with Crippen molar-refractivity contribution in [3.63, 3.8) is 0 Å². The molecule has 2 atom stereocenters. The number of benzene rings is 2. The van der Waals surface area contributed by atoms with Crippen LogP contribution in [0.15, 0.2) is 59.4 Å². The zero-order valence-electron chi connectivity index (χ0n) is 18.6. The molecule has 170 valence electrons. The maximum atomic E-state index is 13.3. The molecule has 5 rings (SSSR count). The number of nitrogens with zero attached hydrogens (tertiary/aromatic N) is 2. The summed E-state index contributed by atoms with van der Waals surface area (Å²) in [5.74, 6) is 0.108. The zero-order valence-corrected chi connectivity index (χ0v) is 18.6. The first kappa shape index (κ1) is 21.4. The summed E-state index contributed by atoms with van der Waals surface area (Å²) in [5, 5.41) is 4.87. The van der Waals surface area contributed by atoms with E-state index in [1.54, 1.807) is 10.6 Å². The fourth-order valence-corrected chi connectivity index (χ4v) is 5.12. The smallest absolute Gasteiger partial charge is 0.274 e. The van der Waals surface area contributed by atoms with Gasteiger partial charge in [-0.15, -0.1) is 0 Å². The molecule has 0 aliphatic carbocycles. The maximum Gasteiger partial charge on any atom is 0.274 e. The summed E-state index contributed by atoms with van der Waals surface area (Å²) >= 11 is 0. The number of rotatable bonds is 5. The number of carbonyl (C=O) groups excluding carboxylic acids is 2. The highest BCUT2D eigenvalue weighted by Gasteiger charge is 2.37. The van der Waals surface area contributed by atoms with Crippen LogP contribution in [0.5, 0.6) is 0 Å². The van der Waals surface area contributed by atoms with Gasteiger partial charge in [0.15, 0.2) is 0 Å². The largest absolute Gasteiger partial charge is 0.384 e. The van der Waals surface area contributed by atoms with Crippen molar-refractivity contribution in [2.75, 3.05) is 32.1 Å². The summed E-state index contributed by atoms with van der Waals surface area (Å²) in [6.07, 6.45) is 1.16. The molecule has 7 nitrogen and oxygen atoms in total. The van der Waals surface area contributed by atoms with Crippen LogP contribution in [0, 0.1) is 5.92 Å². The Labute approximate surface area is 192 Å². The van der Waals surface area contributed by atoms with Gasteiger partial charge in [-0.05, 0) is 47.4 Å². The summed E-state index contributed by atoms with van der Waals surface area (Å²) in [6, 6.07) is 17.5. The Bertz CT molecular complexity index is 1280. The minimum Gasteiger partial charge on any atom is -0.384 e. The molecule has 7 heteroatoms. The van der Waals surface area contributed by atoms with Gasteiger partial charge in [0.05, 0.1) is 13.0 Å². The molecule has 0 saturated carbocycles. The maximum absolute atomic E-state index is 13.3. The number of piperidine rings is 1. The Morgan fingerprint density at radius 1 is 1.03 bits per heavy atom. The van der Waals surface area contributed by atoms with Crippen molar-refractivity contribution >= 4 is 28.3 Å². The Balaban J connectivity index is 1.36. The topological polar surface area (TPSA) is 80.6 Å². The zero-order chi connectivity index (χ0) is 22.9. The van der Waals surface area contributed by atoms with Crippen LogP contribution in [0.4, 0.5) is 5.69 Å². The first-order valence-corrected chi connectivity index (χ1v) is 11.3. The van der Waals surface area contributed by atoms with Crippen molar-refractivity contribution in [2.45, 2.75) is 25.3 Å². The van der Waals surface area contributed by atoms with Crippen molar-refractivity contribution in [1.29, 1.82) is 0 Å². The number of ether oxygens (including phenoxy) is 1. The number of amides is 2. The van der Waals surface area contributed by atoms with Crippen LogP contribution < -0.4 is 10.9 Å². The van der Waals surface area contributed by atoms with Gasteiger partial charge < -0.3 is 19.5 Å². The third-order valence-corrected chi connectivity index (χ3v) is 6.70. The van der Waals surface area contributed by atoms with E-state index in [-0.39, 0.29) is 35.6 Å². The molecule has 1 aromatic heterocycles. The van der Waals surface area contributed by atoms with Crippen LogP contribution >= 0.6 is 0 Å². The minimum atomic E-state index is -0.238. The number of likely N-dealkylation sites (tertiary alicyclic amines) is 1. The third kappa shape index (κ3) is 4.16. The number of carbonyl (C=O) groups is 2. The van der Waals surface area contributed by atoms with E-state index in [2.05, 4.69) is 5.32 Å². The summed E-state index contributed by atoms with van der Waals surface area (Å²) in [7, 11) is 1.54. The van der Waals surface area contributed by atoms with Gasteiger partial charge in [-0.25, -0.2) is 0 Å². The van der Waals surface area contributed by atoms with Crippen molar-refractivity contribution in [3.05, 3.63) is 76.2 Å². The second-order valence-corrected chi connectivity index (χ2v) is 8.95. The highest BCUT2D eigenvalue weighted by Crippen LogP contribution is 2.36. The number of fused-ring (bicyclic) bond motifs is 5. The number of hydrogen-bond acceptors (Lipinski definition) is 4. The Morgan fingerprint density at radius 3 is 2.67 bits per heavy atom. The molecular weight excluding hydrogens is 418 g/mol. The third-order valence-electron chi connectivity index (χ3n) is 6.70. The summed E-state index contributed by atoms with van der Waals surface area (Å²) in [4.78, 5) is 40.3. The van der Waals surface area contributed by atoms with E-state index >= 15 is 0 Å². The van der Waals surface area contributed by atoms with Crippen LogP contribution in [0.2, 0.25) is 0 Å². The minimum absolute atomic E-state index is 0.0354. The molecule has 0 radical (unpaired) electrons. The van der Waals surface area contributed by atoms with E-state index in [1.165, 1.54) is 7.11 Å². The Kier molecular flexibility index (Phi) is 5.72. The molecule has 33 heavy (non-hydrogen) atoms. The lowest BCUT2D eigenvalue weighted by molar-refractivity contribution is -0.117. The molecule has 2 aromatic carbocycles. The van der Waals surface area contributed by atoms with Gasteiger partial charge in [0.2, 0.25) is 5.91 Å². The monoisotopic (exact) mass is 445 g/mol. The van der Waals surface area contributed by atoms with Crippen LogP contribution in [-0.4, -0.2) is 48.1 Å². The highest BCUT2D eigenvalue weighted by atomic mass is 16.5. The normalized spacial score (nSPS) is 19.2. The van der Waals surface area contributed by atoms with Gasteiger partial charge in [-0.2, -0.15) is 0 Å². The molecule has 2 amide bonds. The van der Waals surface area contributed by atoms with Crippen molar-refractivity contribution in [1.82, 2.24) is 9.47 Å².